The van der Waals surface area contributed by atoms with Gasteiger partial charge in [-0.1, -0.05) is 0 Å². The van der Waals surface area contributed by atoms with Crippen LogP contribution in [0.5, 0.6) is 0 Å². The van der Waals surface area contributed by atoms with Crippen molar-refractivity contribution in [2.45, 2.75) is 26.2 Å². The third kappa shape index (κ3) is 4.21. The normalized spacial score (nSPS) is 11.2. The van der Waals surface area contributed by atoms with Gasteiger partial charge in [-0.3, -0.25) is 0 Å². The molecule has 0 fully saturated rings. The molecule has 0 N–H and O–H groups in total. The Kier molecular flexibility index (Phi) is 5.93. The average Bonchev–Trinajstić information content (AvgIpc) is 2.16. The summed E-state index contributed by atoms with van der Waals surface area (Å²) in [4.78, 5) is 0. The fourth-order valence-electron chi connectivity index (χ4n) is 1.31. The maximum absolute atomic E-state index is 5.87. The van der Waals surface area contributed by atoms with Crippen LogP contribution in [0, 0.1) is 0 Å². The molecule has 14 heavy (non-hydrogen) atoms. The van der Waals surface area contributed by atoms with Crippen molar-refractivity contribution in [3.05, 3.63) is 35.4 Å². The van der Waals surface area contributed by atoms with Crippen LogP contribution in [-0.2, 0) is 19.9 Å². The second-order valence-electron chi connectivity index (χ2n) is 3.11. The average molecular weight is 318 g/mol. The Hall–Kier alpha value is 0.293. The van der Waals surface area contributed by atoms with Gasteiger partial charge >= 0.3 is 99.1 Å². The first kappa shape index (κ1) is 12.4. The van der Waals surface area contributed by atoms with Crippen molar-refractivity contribution in [2.24, 2.45) is 0 Å². The molecule has 0 heterocycles. The summed E-state index contributed by atoms with van der Waals surface area (Å²) >= 11 is -1.68. The summed E-state index contributed by atoms with van der Waals surface area (Å²) < 4.78 is 2.03. The van der Waals surface area contributed by atoms with Crippen molar-refractivity contribution >= 4 is 24.0 Å². The number of rotatable bonds is 4. The second-order valence-corrected chi connectivity index (χ2v) is 8.83. The van der Waals surface area contributed by atoms with Crippen molar-refractivity contribution in [3.63, 3.8) is 0 Å². The predicted octanol–water partition coefficient (Wildman–Crippen LogP) is 4.11. The number of hydrogen-bond acceptors (Lipinski definition) is 0. The summed E-state index contributed by atoms with van der Waals surface area (Å²) in [6.07, 6.45) is 3.57. The van der Waals surface area contributed by atoms with Gasteiger partial charge in [0.2, 0.25) is 0 Å². The summed E-state index contributed by atoms with van der Waals surface area (Å²) in [5, 5.41) is 0. The van der Waals surface area contributed by atoms with Crippen LogP contribution in [0.25, 0.3) is 0 Å². The first-order chi connectivity index (χ1) is 6.74. The van der Waals surface area contributed by atoms with Crippen LogP contribution in [0.4, 0.5) is 0 Å². The number of aryl methyl sites for hydroxylation is 1. The quantitative estimate of drug-likeness (QED) is 0.733. The van der Waals surface area contributed by atoms with Gasteiger partial charge in [0.1, 0.15) is 0 Å². The van der Waals surface area contributed by atoms with Crippen molar-refractivity contribution in [1.82, 2.24) is 0 Å². The van der Waals surface area contributed by atoms with Crippen molar-refractivity contribution in [1.29, 1.82) is 0 Å². The fraction of sp³-hybridized carbons (Fsp3) is 0.364. The van der Waals surface area contributed by atoms with E-state index in [1.807, 2.05) is 10.7 Å². The topological polar surface area (TPSA) is 0 Å². The second kappa shape index (κ2) is 6.72. The van der Waals surface area contributed by atoms with Crippen LogP contribution in [0.15, 0.2) is 24.3 Å². The van der Waals surface area contributed by atoms with Gasteiger partial charge in [0, 0.05) is 0 Å². The number of halogens is 2. The Balaban J connectivity index is 2.86. The van der Waals surface area contributed by atoms with E-state index in [9.17, 15) is 0 Å². The van der Waals surface area contributed by atoms with E-state index in [2.05, 4.69) is 25.1 Å². The molecular formula is C11H14Cl2Ru. The van der Waals surface area contributed by atoms with Gasteiger partial charge in [-0.25, -0.2) is 0 Å². The van der Waals surface area contributed by atoms with Crippen molar-refractivity contribution in [3.8, 4) is 0 Å². The SMILES string of the molecule is CCCCc1ccccc1[CH]=[Ru]([Cl])[Cl]. The van der Waals surface area contributed by atoms with Crippen molar-refractivity contribution < 1.29 is 13.5 Å². The summed E-state index contributed by atoms with van der Waals surface area (Å²) in [7, 11) is 11.7. The molecule has 0 bridgehead atoms. The molecule has 1 aromatic rings. The molecule has 0 aliphatic heterocycles. The molecule has 1 rings (SSSR count). The van der Waals surface area contributed by atoms with E-state index in [4.69, 9.17) is 19.4 Å². The minimum atomic E-state index is -1.68. The van der Waals surface area contributed by atoms with Gasteiger partial charge < -0.3 is 0 Å². The molecule has 0 saturated heterocycles. The summed E-state index contributed by atoms with van der Waals surface area (Å²) in [6.45, 7) is 2.20. The van der Waals surface area contributed by atoms with E-state index >= 15 is 0 Å². The van der Waals surface area contributed by atoms with Crippen LogP contribution in [0.2, 0.25) is 0 Å². The molecule has 0 spiro atoms. The Bertz CT molecular complexity index is 317. The Morgan fingerprint density at radius 1 is 1.29 bits per heavy atom. The maximum atomic E-state index is 5.87. The van der Waals surface area contributed by atoms with E-state index in [-0.39, 0.29) is 0 Å². The Morgan fingerprint density at radius 2 is 2.00 bits per heavy atom. The summed E-state index contributed by atoms with van der Waals surface area (Å²) in [6, 6.07) is 8.36. The van der Waals surface area contributed by atoms with Gasteiger partial charge in [0.15, 0.2) is 0 Å². The van der Waals surface area contributed by atoms with E-state index in [0.29, 0.717) is 0 Å². The summed E-state index contributed by atoms with van der Waals surface area (Å²) in [5.41, 5.74) is 2.60. The molecule has 0 aliphatic rings. The first-order valence-corrected chi connectivity index (χ1v) is 10.1. The standard InChI is InChI=1S/C11H14.2ClH.Ru/c1-3-4-8-11-9-6-5-7-10(11)2;;;/h2,5-7,9H,3-4,8H2,1H3;2*1H;/q;;;+2/p-2. The molecule has 0 atom stereocenters. The zero-order valence-electron chi connectivity index (χ0n) is 8.12. The predicted molar refractivity (Wildman–Crippen MR) is 61.9 cm³/mol. The van der Waals surface area contributed by atoms with Crippen LogP contribution in [0.3, 0.4) is 0 Å². The molecule has 0 saturated carbocycles. The Morgan fingerprint density at radius 3 is 2.64 bits per heavy atom. The molecule has 1 aromatic carbocycles. The molecular weight excluding hydrogens is 304 g/mol. The minimum absolute atomic E-state index is 1.12. The number of benzene rings is 1. The van der Waals surface area contributed by atoms with Gasteiger partial charge in [-0.05, 0) is 0 Å². The van der Waals surface area contributed by atoms with Crippen molar-refractivity contribution in [2.75, 3.05) is 0 Å². The monoisotopic (exact) mass is 318 g/mol. The molecule has 80 valence electrons. The van der Waals surface area contributed by atoms with E-state index < -0.39 is 13.5 Å². The van der Waals surface area contributed by atoms with E-state index in [1.165, 1.54) is 24.0 Å². The van der Waals surface area contributed by atoms with Gasteiger partial charge in [0.25, 0.3) is 0 Å². The van der Waals surface area contributed by atoms with Crippen LogP contribution >= 0.6 is 19.4 Å². The molecule has 0 amide bonds. The van der Waals surface area contributed by atoms with E-state index in [0.717, 1.165) is 6.42 Å². The third-order valence-electron chi connectivity index (χ3n) is 2.04. The van der Waals surface area contributed by atoms with Gasteiger partial charge in [-0.2, -0.15) is 0 Å². The number of unbranched alkanes of at least 4 members (excludes halogenated alkanes) is 1. The molecule has 0 aliphatic carbocycles. The third-order valence-corrected chi connectivity index (χ3v) is 3.87. The van der Waals surface area contributed by atoms with Crippen LogP contribution in [0.1, 0.15) is 30.9 Å². The van der Waals surface area contributed by atoms with Gasteiger partial charge in [-0.15, -0.1) is 0 Å². The zero-order valence-corrected chi connectivity index (χ0v) is 11.4. The van der Waals surface area contributed by atoms with Gasteiger partial charge in [0.05, 0.1) is 0 Å². The first-order valence-electron chi connectivity index (χ1n) is 4.65. The fourth-order valence-corrected chi connectivity index (χ4v) is 3.19. The zero-order chi connectivity index (χ0) is 10.4. The molecule has 0 aromatic heterocycles. The Labute approximate surface area is 98.7 Å². The molecule has 0 unspecified atom stereocenters. The van der Waals surface area contributed by atoms with E-state index in [1.54, 1.807) is 0 Å². The molecule has 3 heteroatoms. The van der Waals surface area contributed by atoms with Crippen LogP contribution < -0.4 is 0 Å². The molecule has 0 radical (unpaired) electrons. The number of hydrogen-bond donors (Lipinski definition) is 0. The van der Waals surface area contributed by atoms with Crippen LogP contribution in [-0.4, -0.2) is 4.61 Å². The molecule has 0 nitrogen and oxygen atoms in total. The summed E-state index contributed by atoms with van der Waals surface area (Å²) in [5.74, 6) is 0.